The van der Waals surface area contributed by atoms with Crippen molar-refractivity contribution in [3.8, 4) is 0 Å². The Hall–Kier alpha value is -0.0800. The predicted octanol–water partition coefficient (Wildman–Crippen LogP) is 0.979. The summed E-state index contributed by atoms with van der Waals surface area (Å²) in [5.41, 5.74) is 0. The summed E-state index contributed by atoms with van der Waals surface area (Å²) in [7, 11) is 0. The quantitative estimate of drug-likeness (QED) is 0.506. The van der Waals surface area contributed by atoms with E-state index in [1.54, 1.807) is 13.8 Å². The number of aliphatic hydroxyl groups is 2. The van der Waals surface area contributed by atoms with Crippen molar-refractivity contribution in [1.29, 1.82) is 0 Å². The molecular weight excluding hydrogens is 104 g/mol. The SMILES string of the molecule is CC.CC(C)C(O)O. The topological polar surface area (TPSA) is 40.5 Å². The molecule has 0 rings (SSSR count). The van der Waals surface area contributed by atoms with Gasteiger partial charge in [0.05, 0.1) is 0 Å². The first-order chi connectivity index (χ1) is 3.64. The lowest BCUT2D eigenvalue weighted by molar-refractivity contribution is -0.0731. The fourth-order valence-electron chi connectivity index (χ4n) is 0. The van der Waals surface area contributed by atoms with Crippen molar-refractivity contribution in [3.05, 3.63) is 0 Å². The van der Waals surface area contributed by atoms with Crippen LogP contribution in [0.2, 0.25) is 0 Å². The Morgan fingerprint density at radius 3 is 1.12 bits per heavy atom. The van der Waals surface area contributed by atoms with Crippen molar-refractivity contribution >= 4 is 0 Å². The monoisotopic (exact) mass is 120 g/mol. The molecule has 0 bridgehead atoms. The molecule has 0 saturated heterocycles. The fraction of sp³-hybridized carbons (Fsp3) is 1.00. The molecular formula is C6H16O2. The van der Waals surface area contributed by atoms with Crippen molar-refractivity contribution in [2.24, 2.45) is 5.92 Å². The molecule has 0 amide bonds. The summed E-state index contributed by atoms with van der Waals surface area (Å²) < 4.78 is 0. The molecule has 52 valence electrons. The van der Waals surface area contributed by atoms with Crippen molar-refractivity contribution in [2.75, 3.05) is 0 Å². The summed E-state index contributed by atoms with van der Waals surface area (Å²) in [5, 5.41) is 16.4. The predicted molar refractivity (Wildman–Crippen MR) is 34.4 cm³/mol. The van der Waals surface area contributed by atoms with Crippen LogP contribution >= 0.6 is 0 Å². The average molecular weight is 120 g/mol. The summed E-state index contributed by atoms with van der Waals surface area (Å²) in [4.78, 5) is 0. The first-order valence-electron chi connectivity index (χ1n) is 3.00. The Kier molecular flexibility index (Phi) is 9.36. The molecule has 0 aliphatic rings. The van der Waals surface area contributed by atoms with Crippen molar-refractivity contribution in [3.63, 3.8) is 0 Å². The van der Waals surface area contributed by atoms with Crippen LogP contribution in [0, 0.1) is 5.92 Å². The molecule has 0 fully saturated rings. The van der Waals surface area contributed by atoms with Crippen LogP contribution in [0.3, 0.4) is 0 Å². The van der Waals surface area contributed by atoms with Gasteiger partial charge in [-0.25, -0.2) is 0 Å². The van der Waals surface area contributed by atoms with E-state index in [9.17, 15) is 0 Å². The molecule has 2 N–H and O–H groups in total. The highest BCUT2D eigenvalue weighted by Gasteiger charge is 1.99. The van der Waals surface area contributed by atoms with Gasteiger partial charge in [-0.1, -0.05) is 27.7 Å². The van der Waals surface area contributed by atoms with Gasteiger partial charge < -0.3 is 10.2 Å². The number of hydrogen-bond donors (Lipinski definition) is 2. The summed E-state index contributed by atoms with van der Waals surface area (Å²) in [5.74, 6) is -0.0370. The minimum atomic E-state index is -1.15. The van der Waals surface area contributed by atoms with Gasteiger partial charge in [0.15, 0.2) is 6.29 Å². The Morgan fingerprint density at radius 2 is 1.12 bits per heavy atom. The van der Waals surface area contributed by atoms with E-state index in [2.05, 4.69) is 0 Å². The molecule has 0 heterocycles. The first kappa shape index (κ1) is 10.8. The molecule has 0 radical (unpaired) electrons. The van der Waals surface area contributed by atoms with Crippen LogP contribution in [0.15, 0.2) is 0 Å². The lowest BCUT2D eigenvalue weighted by Crippen LogP contribution is -2.11. The molecule has 2 heteroatoms. The third kappa shape index (κ3) is 9.33. The Balaban J connectivity index is 0. The van der Waals surface area contributed by atoms with Crippen LogP contribution in [0.1, 0.15) is 27.7 Å². The summed E-state index contributed by atoms with van der Waals surface area (Å²) in [6, 6.07) is 0. The second-order valence-corrected chi connectivity index (χ2v) is 1.66. The summed E-state index contributed by atoms with van der Waals surface area (Å²) in [6.45, 7) is 7.48. The molecule has 8 heavy (non-hydrogen) atoms. The molecule has 0 spiro atoms. The number of rotatable bonds is 1. The third-order valence-electron chi connectivity index (χ3n) is 0.596. The lowest BCUT2D eigenvalue weighted by Gasteiger charge is -2.03. The molecule has 0 aromatic rings. The van der Waals surface area contributed by atoms with E-state index in [-0.39, 0.29) is 5.92 Å². The molecule has 2 nitrogen and oxygen atoms in total. The maximum Gasteiger partial charge on any atom is 0.153 e. The third-order valence-corrected chi connectivity index (χ3v) is 0.596. The van der Waals surface area contributed by atoms with Gasteiger partial charge in [0.2, 0.25) is 0 Å². The normalized spacial score (nSPS) is 9.00. The van der Waals surface area contributed by atoms with Crippen LogP contribution in [0.25, 0.3) is 0 Å². The zero-order valence-electron chi connectivity index (χ0n) is 6.05. The highest BCUT2D eigenvalue weighted by Crippen LogP contribution is 1.93. The van der Waals surface area contributed by atoms with E-state index >= 15 is 0 Å². The van der Waals surface area contributed by atoms with Gasteiger partial charge >= 0.3 is 0 Å². The molecule has 0 aromatic heterocycles. The standard InChI is InChI=1S/C4H10O2.C2H6/c1-3(2)4(5)6;1-2/h3-6H,1-2H3;1-2H3. The molecule has 0 atom stereocenters. The van der Waals surface area contributed by atoms with Gasteiger partial charge in [-0.05, 0) is 0 Å². The highest BCUT2D eigenvalue weighted by atomic mass is 16.5. The highest BCUT2D eigenvalue weighted by molar-refractivity contribution is 4.40. The Labute approximate surface area is 51.2 Å². The minimum absolute atomic E-state index is 0.0370. The van der Waals surface area contributed by atoms with E-state index in [1.165, 1.54) is 0 Å². The van der Waals surface area contributed by atoms with Gasteiger partial charge in [-0.15, -0.1) is 0 Å². The average Bonchev–Trinajstić information content (AvgIpc) is 1.72. The van der Waals surface area contributed by atoms with Crippen LogP contribution in [-0.2, 0) is 0 Å². The van der Waals surface area contributed by atoms with E-state index in [1.807, 2.05) is 13.8 Å². The van der Waals surface area contributed by atoms with Crippen molar-refractivity contribution < 1.29 is 10.2 Å². The molecule has 0 aromatic carbocycles. The lowest BCUT2D eigenvalue weighted by atomic mass is 10.2. The molecule has 0 unspecified atom stereocenters. The summed E-state index contributed by atoms with van der Waals surface area (Å²) in [6.07, 6.45) is -1.15. The largest absolute Gasteiger partial charge is 0.368 e. The van der Waals surface area contributed by atoms with Gasteiger partial charge in [-0.3, -0.25) is 0 Å². The van der Waals surface area contributed by atoms with E-state index in [0.29, 0.717) is 0 Å². The van der Waals surface area contributed by atoms with Crippen LogP contribution in [-0.4, -0.2) is 16.5 Å². The Morgan fingerprint density at radius 1 is 1.00 bits per heavy atom. The zero-order chi connectivity index (χ0) is 7.15. The van der Waals surface area contributed by atoms with Gasteiger partial charge in [0.1, 0.15) is 0 Å². The Bertz CT molecular complexity index is 27.5. The van der Waals surface area contributed by atoms with Gasteiger partial charge in [-0.2, -0.15) is 0 Å². The van der Waals surface area contributed by atoms with Gasteiger partial charge in [0, 0.05) is 5.92 Å². The summed E-state index contributed by atoms with van der Waals surface area (Å²) >= 11 is 0. The van der Waals surface area contributed by atoms with E-state index in [4.69, 9.17) is 10.2 Å². The second-order valence-electron chi connectivity index (χ2n) is 1.66. The van der Waals surface area contributed by atoms with Crippen molar-refractivity contribution in [1.82, 2.24) is 0 Å². The molecule has 0 aliphatic heterocycles. The van der Waals surface area contributed by atoms with E-state index in [0.717, 1.165) is 0 Å². The maximum atomic E-state index is 8.19. The van der Waals surface area contributed by atoms with Crippen LogP contribution < -0.4 is 0 Å². The zero-order valence-corrected chi connectivity index (χ0v) is 6.05. The van der Waals surface area contributed by atoms with Crippen LogP contribution in [0.5, 0.6) is 0 Å². The minimum Gasteiger partial charge on any atom is -0.368 e. The van der Waals surface area contributed by atoms with E-state index < -0.39 is 6.29 Å². The molecule has 0 aliphatic carbocycles. The van der Waals surface area contributed by atoms with Crippen molar-refractivity contribution in [2.45, 2.75) is 34.0 Å². The smallest absolute Gasteiger partial charge is 0.153 e. The molecule has 0 saturated carbocycles. The fourth-order valence-corrected chi connectivity index (χ4v) is 0. The second kappa shape index (κ2) is 6.92. The van der Waals surface area contributed by atoms with Gasteiger partial charge in [0.25, 0.3) is 0 Å². The van der Waals surface area contributed by atoms with Crippen LogP contribution in [0.4, 0.5) is 0 Å². The maximum absolute atomic E-state index is 8.19. The number of hydrogen-bond acceptors (Lipinski definition) is 2. The number of aliphatic hydroxyl groups excluding tert-OH is 1. The first-order valence-corrected chi connectivity index (χ1v) is 3.00.